The highest BCUT2D eigenvalue weighted by atomic mass is 79.9. The van der Waals surface area contributed by atoms with E-state index in [1.54, 1.807) is 24.3 Å². The van der Waals surface area contributed by atoms with Crippen molar-refractivity contribution in [1.82, 2.24) is 9.91 Å². The van der Waals surface area contributed by atoms with Crippen LogP contribution in [0.2, 0.25) is 0 Å². The Kier molecular flexibility index (Phi) is 6.17. The Balaban J connectivity index is 1.28. The maximum absolute atomic E-state index is 12.6. The number of nitrogens with zero attached hydrogens (tertiary/aromatic N) is 3. The van der Waals surface area contributed by atoms with Crippen molar-refractivity contribution in [3.8, 4) is 11.5 Å². The van der Waals surface area contributed by atoms with Gasteiger partial charge in [0.15, 0.2) is 0 Å². The number of ether oxygens (including phenoxy) is 2. The lowest BCUT2D eigenvalue weighted by molar-refractivity contribution is -0.150. The molecule has 3 aliphatic rings. The van der Waals surface area contributed by atoms with Gasteiger partial charge in [0.05, 0.1) is 11.8 Å². The van der Waals surface area contributed by atoms with E-state index >= 15 is 0 Å². The van der Waals surface area contributed by atoms with Crippen molar-refractivity contribution in [2.45, 2.75) is 44.2 Å². The quantitative estimate of drug-likeness (QED) is 0.357. The Morgan fingerprint density at radius 1 is 1.03 bits per heavy atom. The van der Waals surface area contributed by atoms with Crippen LogP contribution < -0.4 is 9.47 Å². The van der Waals surface area contributed by atoms with E-state index in [-0.39, 0.29) is 11.8 Å². The van der Waals surface area contributed by atoms with Gasteiger partial charge in [-0.1, -0.05) is 46.3 Å². The number of alkyl halides is 2. The van der Waals surface area contributed by atoms with Gasteiger partial charge in [-0.15, -0.1) is 0 Å². The molecule has 186 valence electrons. The molecule has 6 rings (SSSR count). The number of rotatable bonds is 5. The molecule has 1 spiro atoms. The normalized spacial score (nSPS) is 20.6. The monoisotopic (exact) mass is 553 g/mol. The van der Waals surface area contributed by atoms with E-state index in [9.17, 15) is 8.78 Å². The van der Waals surface area contributed by atoms with Gasteiger partial charge in [0, 0.05) is 48.9 Å². The largest absolute Gasteiger partial charge is 0.466 e. The van der Waals surface area contributed by atoms with Gasteiger partial charge < -0.3 is 9.47 Å². The fraction of sp³-hybridized carbons (Fsp3) is 0.321. The first kappa shape index (κ1) is 23.4. The molecule has 0 saturated carbocycles. The average Bonchev–Trinajstić information content (AvgIpc) is 3.34. The van der Waals surface area contributed by atoms with Gasteiger partial charge in [-0.3, -0.25) is 4.90 Å². The van der Waals surface area contributed by atoms with Gasteiger partial charge in [0.1, 0.15) is 11.5 Å². The molecule has 8 heteroatoms. The predicted octanol–water partition coefficient (Wildman–Crippen LogP) is 6.59. The number of hydrazone groups is 1. The van der Waals surface area contributed by atoms with Crippen LogP contribution in [0.25, 0.3) is 0 Å². The van der Waals surface area contributed by atoms with Crippen molar-refractivity contribution < 1.29 is 18.3 Å². The molecule has 3 aromatic rings. The summed E-state index contributed by atoms with van der Waals surface area (Å²) in [5, 5.41) is 7.25. The fourth-order valence-corrected chi connectivity index (χ4v) is 5.87. The van der Waals surface area contributed by atoms with E-state index in [2.05, 4.69) is 60.9 Å². The zero-order valence-corrected chi connectivity index (χ0v) is 21.2. The summed E-state index contributed by atoms with van der Waals surface area (Å²) >= 11 is 3.61. The van der Waals surface area contributed by atoms with Gasteiger partial charge in [0.2, 0.25) is 5.72 Å². The minimum Gasteiger partial charge on any atom is -0.466 e. The first-order valence-electron chi connectivity index (χ1n) is 12.2. The van der Waals surface area contributed by atoms with Crippen LogP contribution in [-0.2, 0) is 6.54 Å². The number of hydrogen-bond donors (Lipinski definition) is 0. The summed E-state index contributed by atoms with van der Waals surface area (Å²) in [6.07, 6.45) is 2.39. The molecule has 3 aliphatic heterocycles. The topological polar surface area (TPSA) is 37.3 Å². The summed E-state index contributed by atoms with van der Waals surface area (Å²) in [6.45, 7) is -0.0950. The molecule has 1 saturated heterocycles. The van der Waals surface area contributed by atoms with Crippen molar-refractivity contribution >= 4 is 21.6 Å². The molecule has 1 atom stereocenters. The summed E-state index contributed by atoms with van der Waals surface area (Å²) in [4.78, 5) is 2.47. The van der Waals surface area contributed by atoms with Crippen LogP contribution in [0.15, 0.2) is 82.4 Å². The van der Waals surface area contributed by atoms with Crippen molar-refractivity contribution in [2.75, 3.05) is 13.1 Å². The maximum atomic E-state index is 12.6. The third kappa shape index (κ3) is 4.48. The molecule has 3 aromatic carbocycles. The van der Waals surface area contributed by atoms with E-state index in [0.717, 1.165) is 66.0 Å². The molecule has 36 heavy (non-hydrogen) atoms. The van der Waals surface area contributed by atoms with E-state index in [0.29, 0.717) is 0 Å². The minimum absolute atomic E-state index is 0.0545. The van der Waals surface area contributed by atoms with Crippen molar-refractivity contribution in [3.63, 3.8) is 0 Å². The zero-order valence-electron chi connectivity index (χ0n) is 19.6. The lowest BCUT2D eigenvalue weighted by Gasteiger charge is -2.51. The third-order valence-corrected chi connectivity index (χ3v) is 7.75. The fourth-order valence-electron chi connectivity index (χ4n) is 5.49. The van der Waals surface area contributed by atoms with Crippen LogP contribution in [0.3, 0.4) is 0 Å². The third-order valence-electron chi connectivity index (χ3n) is 7.26. The molecular formula is C28H26BrF2N3O2. The van der Waals surface area contributed by atoms with Crippen molar-refractivity contribution in [1.29, 1.82) is 0 Å². The average molecular weight is 554 g/mol. The van der Waals surface area contributed by atoms with Gasteiger partial charge in [0.25, 0.3) is 0 Å². The van der Waals surface area contributed by atoms with Crippen molar-refractivity contribution in [2.24, 2.45) is 5.10 Å². The van der Waals surface area contributed by atoms with E-state index in [1.165, 1.54) is 5.56 Å². The minimum atomic E-state index is -2.84. The Morgan fingerprint density at radius 3 is 2.50 bits per heavy atom. The van der Waals surface area contributed by atoms with Crippen LogP contribution in [0.1, 0.15) is 42.0 Å². The predicted molar refractivity (Wildman–Crippen MR) is 137 cm³/mol. The maximum Gasteiger partial charge on any atom is 0.387 e. The summed E-state index contributed by atoms with van der Waals surface area (Å²) in [6, 6.07) is 23.5. The second kappa shape index (κ2) is 9.48. The number of likely N-dealkylation sites (tertiary alicyclic amines) is 1. The number of fused-ring (bicyclic) bond motifs is 4. The Labute approximate surface area is 217 Å². The number of benzene rings is 3. The van der Waals surface area contributed by atoms with E-state index < -0.39 is 12.3 Å². The summed E-state index contributed by atoms with van der Waals surface area (Å²) < 4.78 is 37.4. The highest BCUT2D eigenvalue weighted by Crippen LogP contribution is 2.50. The Hall–Kier alpha value is -2.97. The molecule has 1 fully saturated rings. The second-order valence-corrected chi connectivity index (χ2v) is 10.4. The van der Waals surface area contributed by atoms with Crippen LogP contribution in [-0.4, -0.2) is 41.0 Å². The van der Waals surface area contributed by atoms with Gasteiger partial charge >= 0.3 is 6.61 Å². The number of halogens is 3. The lowest BCUT2D eigenvalue weighted by atomic mass is 9.90. The number of hydrogen-bond acceptors (Lipinski definition) is 5. The number of piperidine rings is 1. The molecule has 0 bridgehead atoms. The molecule has 0 radical (unpaired) electrons. The van der Waals surface area contributed by atoms with Crippen molar-refractivity contribution in [3.05, 3.63) is 94.0 Å². The SMILES string of the molecule is FC(F)Oc1ccc(C2=NN3[C@@H](C2)c2cc(Br)ccc2OC32CCN(Cc3ccccc3)CC2)cc1. The molecule has 0 N–H and O–H groups in total. The van der Waals surface area contributed by atoms with Crippen LogP contribution >= 0.6 is 15.9 Å². The Bertz CT molecular complexity index is 1260. The van der Waals surface area contributed by atoms with Crippen LogP contribution in [0.4, 0.5) is 8.78 Å². The lowest BCUT2D eigenvalue weighted by Crippen LogP contribution is -2.59. The molecule has 0 amide bonds. The molecule has 0 unspecified atom stereocenters. The summed E-state index contributed by atoms with van der Waals surface area (Å²) in [5.41, 5.74) is 3.73. The standard InChI is InChI=1S/C28H26BrF2N3O2/c29-21-8-11-26-23(16-21)25-17-24(20-6-9-22(10-7-20)35-27(30)31)32-34(25)28(36-26)12-14-33(15-13-28)18-19-4-2-1-3-5-19/h1-11,16,25,27H,12-15,17-18H2/t25-/m0/s1. The molecule has 0 aromatic heterocycles. The van der Waals surface area contributed by atoms with Crippen LogP contribution in [0, 0.1) is 0 Å². The molecule has 5 nitrogen and oxygen atoms in total. The first-order chi connectivity index (χ1) is 17.5. The highest BCUT2D eigenvalue weighted by Gasteiger charge is 2.51. The van der Waals surface area contributed by atoms with Gasteiger partial charge in [-0.25, -0.2) is 5.01 Å². The first-order valence-corrected chi connectivity index (χ1v) is 13.0. The van der Waals surface area contributed by atoms with Crippen LogP contribution in [0.5, 0.6) is 11.5 Å². The molecular weight excluding hydrogens is 528 g/mol. The summed E-state index contributed by atoms with van der Waals surface area (Å²) in [5.74, 6) is 1.05. The van der Waals surface area contributed by atoms with E-state index in [1.807, 2.05) is 18.2 Å². The molecule has 3 heterocycles. The second-order valence-electron chi connectivity index (χ2n) is 9.51. The van der Waals surface area contributed by atoms with E-state index in [4.69, 9.17) is 9.84 Å². The zero-order chi connectivity index (χ0) is 24.7. The summed E-state index contributed by atoms with van der Waals surface area (Å²) in [7, 11) is 0. The Morgan fingerprint density at radius 2 is 1.78 bits per heavy atom. The van der Waals surface area contributed by atoms with Gasteiger partial charge in [-0.2, -0.15) is 13.9 Å². The highest BCUT2D eigenvalue weighted by molar-refractivity contribution is 9.10. The molecule has 0 aliphatic carbocycles. The smallest absolute Gasteiger partial charge is 0.387 e. The van der Waals surface area contributed by atoms with Gasteiger partial charge in [-0.05, 0) is 53.6 Å².